The molecule has 0 fully saturated rings. The highest BCUT2D eigenvalue weighted by Gasteiger charge is 2.38. The van der Waals surface area contributed by atoms with Gasteiger partial charge in [-0.2, -0.15) is 0 Å². The van der Waals surface area contributed by atoms with Gasteiger partial charge in [0.2, 0.25) is 5.91 Å². The van der Waals surface area contributed by atoms with Gasteiger partial charge < -0.3 is 5.43 Å². The van der Waals surface area contributed by atoms with Gasteiger partial charge >= 0.3 is 0 Å². The molecule has 1 amide bonds. The SMILES string of the molecule is CC(=O)N1NC=C[C@H]1[C@H]1[C@H](C)CC(C)=C[C@@H]1C. The monoisotopic (exact) mass is 234 g/mol. The van der Waals surface area contributed by atoms with Crippen molar-refractivity contribution in [1.29, 1.82) is 0 Å². The molecule has 0 aromatic heterocycles. The first-order valence-corrected chi connectivity index (χ1v) is 6.40. The number of hydrazine groups is 1. The van der Waals surface area contributed by atoms with Gasteiger partial charge in [-0.15, -0.1) is 0 Å². The fraction of sp³-hybridized carbons (Fsp3) is 0.643. The molecular weight excluding hydrogens is 212 g/mol. The van der Waals surface area contributed by atoms with Gasteiger partial charge in [0.05, 0.1) is 6.04 Å². The standard InChI is InChI=1S/C14H22N2O/c1-9-7-10(2)14(11(3)8-9)13-5-6-15-16(13)12(4)17/h5-7,10-11,13-15H,8H2,1-4H3/t10-,11+,13-,14+/m0/s1. The summed E-state index contributed by atoms with van der Waals surface area (Å²) in [6.07, 6.45) is 7.50. The second kappa shape index (κ2) is 4.55. The third-order valence-corrected chi connectivity index (χ3v) is 3.99. The Balaban J connectivity index is 2.21. The van der Waals surface area contributed by atoms with Gasteiger partial charge in [-0.1, -0.05) is 25.5 Å². The summed E-state index contributed by atoms with van der Waals surface area (Å²) in [5.74, 6) is 1.74. The van der Waals surface area contributed by atoms with Crippen molar-refractivity contribution in [3.05, 3.63) is 23.9 Å². The maximum Gasteiger partial charge on any atom is 0.238 e. The summed E-state index contributed by atoms with van der Waals surface area (Å²) < 4.78 is 0. The smallest absolute Gasteiger partial charge is 0.238 e. The minimum Gasteiger partial charge on any atom is -0.303 e. The Morgan fingerprint density at radius 1 is 1.47 bits per heavy atom. The largest absolute Gasteiger partial charge is 0.303 e. The molecule has 2 rings (SSSR count). The molecule has 1 aliphatic heterocycles. The van der Waals surface area contributed by atoms with Crippen molar-refractivity contribution in [2.75, 3.05) is 0 Å². The first kappa shape index (κ1) is 12.2. The highest BCUT2D eigenvalue weighted by molar-refractivity contribution is 5.74. The molecule has 0 saturated heterocycles. The van der Waals surface area contributed by atoms with E-state index in [2.05, 4.69) is 38.3 Å². The first-order chi connectivity index (χ1) is 8.00. The Morgan fingerprint density at radius 2 is 2.18 bits per heavy atom. The molecule has 0 saturated carbocycles. The molecule has 1 N–H and O–H groups in total. The number of carbonyl (C=O) groups excluding carboxylic acids is 1. The molecule has 1 heterocycles. The van der Waals surface area contributed by atoms with Crippen LogP contribution in [0.15, 0.2) is 23.9 Å². The molecule has 0 radical (unpaired) electrons. The summed E-state index contributed by atoms with van der Waals surface area (Å²) in [6.45, 7) is 8.37. The quantitative estimate of drug-likeness (QED) is 0.707. The van der Waals surface area contributed by atoms with E-state index >= 15 is 0 Å². The Morgan fingerprint density at radius 3 is 2.76 bits per heavy atom. The molecule has 94 valence electrons. The first-order valence-electron chi connectivity index (χ1n) is 6.40. The predicted octanol–water partition coefficient (Wildman–Crippen LogP) is 2.47. The fourth-order valence-electron chi connectivity index (χ4n) is 3.43. The van der Waals surface area contributed by atoms with Crippen molar-refractivity contribution in [2.24, 2.45) is 17.8 Å². The molecule has 0 unspecified atom stereocenters. The number of hydrogen-bond acceptors (Lipinski definition) is 2. The lowest BCUT2D eigenvalue weighted by molar-refractivity contribution is -0.133. The minimum atomic E-state index is 0.0886. The van der Waals surface area contributed by atoms with Gasteiger partial charge in [0.15, 0.2) is 0 Å². The summed E-state index contributed by atoms with van der Waals surface area (Å²) in [5, 5.41) is 1.76. The van der Waals surface area contributed by atoms with Crippen LogP contribution in [0.25, 0.3) is 0 Å². The Labute approximate surface area is 104 Å². The number of carbonyl (C=O) groups is 1. The molecule has 3 nitrogen and oxygen atoms in total. The van der Waals surface area contributed by atoms with Crippen LogP contribution in [0.2, 0.25) is 0 Å². The zero-order valence-electron chi connectivity index (χ0n) is 11.1. The maximum absolute atomic E-state index is 11.6. The molecule has 17 heavy (non-hydrogen) atoms. The van der Waals surface area contributed by atoms with E-state index < -0.39 is 0 Å². The Hall–Kier alpha value is -1.25. The maximum atomic E-state index is 11.6. The van der Waals surface area contributed by atoms with E-state index in [0.29, 0.717) is 17.8 Å². The third-order valence-electron chi connectivity index (χ3n) is 3.99. The van der Waals surface area contributed by atoms with Gasteiger partial charge in [-0.05, 0) is 37.2 Å². The Kier molecular flexibility index (Phi) is 3.27. The van der Waals surface area contributed by atoms with Crippen molar-refractivity contribution in [3.63, 3.8) is 0 Å². The summed E-state index contributed by atoms with van der Waals surface area (Å²) in [5.41, 5.74) is 4.52. The van der Waals surface area contributed by atoms with Crippen LogP contribution >= 0.6 is 0 Å². The van der Waals surface area contributed by atoms with Crippen LogP contribution in [0.5, 0.6) is 0 Å². The van der Waals surface area contributed by atoms with Crippen molar-refractivity contribution in [2.45, 2.75) is 40.2 Å². The van der Waals surface area contributed by atoms with E-state index in [1.807, 2.05) is 6.20 Å². The number of amides is 1. The molecule has 4 atom stereocenters. The summed E-state index contributed by atoms with van der Waals surface area (Å²) in [4.78, 5) is 11.6. The highest BCUT2D eigenvalue weighted by atomic mass is 16.2. The lowest BCUT2D eigenvalue weighted by atomic mass is 9.71. The zero-order valence-corrected chi connectivity index (χ0v) is 11.1. The minimum absolute atomic E-state index is 0.0886. The number of allylic oxidation sites excluding steroid dienone is 2. The van der Waals surface area contributed by atoms with Crippen molar-refractivity contribution < 1.29 is 4.79 Å². The van der Waals surface area contributed by atoms with E-state index in [0.717, 1.165) is 6.42 Å². The second-order valence-electron chi connectivity index (χ2n) is 5.50. The molecule has 0 spiro atoms. The third kappa shape index (κ3) is 2.24. The Bertz CT molecular complexity index is 372. The molecule has 3 heteroatoms. The molecule has 0 aromatic carbocycles. The van der Waals surface area contributed by atoms with E-state index in [4.69, 9.17) is 0 Å². The van der Waals surface area contributed by atoms with Crippen molar-refractivity contribution in [1.82, 2.24) is 10.4 Å². The lowest BCUT2D eigenvalue weighted by Gasteiger charge is -2.39. The van der Waals surface area contributed by atoms with Crippen LogP contribution in [0.4, 0.5) is 0 Å². The fourth-order valence-corrected chi connectivity index (χ4v) is 3.43. The van der Waals surface area contributed by atoms with E-state index in [1.165, 1.54) is 5.57 Å². The summed E-state index contributed by atoms with van der Waals surface area (Å²) in [6, 6.07) is 0.196. The van der Waals surface area contributed by atoms with Crippen LogP contribution in [0.1, 0.15) is 34.1 Å². The van der Waals surface area contributed by atoms with Crippen molar-refractivity contribution >= 4 is 5.91 Å². The second-order valence-corrected chi connectivity index (χ2v) is 5.50. The number of nitrogens with zero attached hydrogens (tertiary/aromatic N) is 1. The lowest BCUT2D eigenvalue weighted by Crippen LogP contribution is -2.48. The molecular formula is C14H22N2O. The molecule has 2 aliphatic rings. The van der Waals surface area contributed by atoms with E-state index in [1.54, 1.807) is 11.9 Å². The number of nitrogens with one attached hydrogen (secondary N) is 1. The van der Waals surface area contributed by atoms with Crippen LogP contribution in [-0.2, 0) is 4.79 Å². The van der Waals surface area contributed by atoms with E-state index in [9.17, 15) is 4.79 Å². The van der Waals surface area contributed by atoms with Crippen LogP contribution in [-0.4, -0.2) is 17.0 Å². The highest BCUT2D eigenvalue weighted by Crippen LogP contribution is 2.38. The molecule has 0 aromatic rings. The average molecular weight is 234 g/mol. The zero-order chi connectivity index (χ0) is 12.6. The van der Waals surface area contributed by atoms with Crippen LogP contribution < -0.4 is 5.43 Å². The molecule has 1 aliphatic carbocycles. The predicted molar refractivity (Wildman–Crippen MR) is 68.8 cm³/mol. The number of rotatable bonds is 1. The van der Waals surface area contributed by atoms with Gasteiger partial charge in [0, 0.05) is 13.1 Å². The van der Waals surface area contributed by atoms with Crippen molar-refractivity contribution in [3.8, 4) is 0 Å². The van der Waals surface area contributed by atoms with E-state index in [-0.39, 0.29) is 11.9 Å². The van der Waals surface area contributed by atoms with Gasteiger partial charge in [-0.25, -0.2) is 5.01 Å². The number of hydrogen-bond donors (Lipinski definition) is 1. The van der Waals surface area contributed by atoms with Gasteiger partial charge in [0.25, 0.3) is 0 Å². The molecule has 0 bridgehead atoms. The van der Waals surface area contributed by atoms with Gasteiger partial charge in [-0.3, -0.25) is 4.79 Å². The summed E-state index contributed by atoms with van der Waals surface area (Å²) >= 11 is 0. The normalized spacial score (nSPS) is 36.7. The topological polar surface area (TPSA) is 32.3 Å². The van der Waals surface area contributed by atoms with Crippen LogP contribution in [0, 0.1) is 17.8 Å². The van der Waals surface area contributed by atoms with Gasteiger partial charge in [0.1, 0.15) is 0 Å². The average Bonchev–Trinajstić information content (AvgIpc) is 2.64. The summed E-state index contributed by atoms with van der Waals surface area (Å²) in [7, 11) is 0. The van der Waals surface area contributed by atoms with Crippen LogP contribution in [0.3, 0.4) is 0 Å².